The van der Waals surface area contributed by atoms with E-state index in [0.29, 0.717) is 5.56 Å². The fourth-order valence-electron chi connectivity index (χ4n) is 1.39. The van der Waals surface area contributed by atoms with Crippen molar-refractivity contribution in [2.24, 2.45) is 0 Å². The number of rotatable bonds is 0. The van der Waals surface area contributed by atoms with Gasteiger partial charge >= 0.3 is 6.18 Å². The van der Waals surface area contributed by atoms with Crippen molar-refractivity contribution in [3.8, 4) is 0 Å². The highest BCUT2D eigenvalue weighted by molar-refractivity contribution is 5.36. The van der Waals surface area contributed by atoms with Crippen LogP contribution in [0.5, 0.6) is 0 Å². The molecule has 0 nitrogen and oxygen atoms in total. The summed E-state index contributed by atoms with van der Waals surface area (Å²) in [5, 5.41) is 0. The molecule has 1 rings (SSSR count). The van der Waals surface area contributed by atoms with Crippen molar-refractivity contribution in [3.05, 3.63) is 34.9 Å². The van der Waals surface area contributed by atoms with Crippen LogP contribution in [0, 0.1) is 6.92 Å². The van der Waals surface area contributed by atoms with Crippen LogP contribution in [0.4, 0.5) is 13.2 Å². The summed E-state index contributed by atoms with van der Waals surface area (Å²) in [5.74, 6) is 0. The highest BCUT2D eigenvalue weighted by Gasteiger charge is 2.33. The molecule has 1 aromatic carbocycles. The summed E-state index contributed by atoms with van der Waals surface area (Å²) < 4.78 is 37.9. The first kappa shape index (κ1) is 12.1. The Bertz CT molecular complexity index is 356. The number of aryl methyl sites for hydroxylation is 1. The maximum atomic E-state index is 12.6. The molecule has 0 heterocycles. The summed E-state index contributed by atoms with van der Waals surface area (Å²) >= 11 is 0. The van der Waals surface area contributed by atoms with E-state index < -0.39 is 11.7 Å². The Morgan fingerprint density at radius 1 is 1.00 bits per heavy atom. The van der Waals surface area contributed by atoms with Crippen LogP contribution in [0.3, 0.4) is 0 Å². The van der Waals surface area contributed by atoms with E-state index in [1.807, 2.05) is 20.8 Å². The van der Waals surface area contributed by atoms with Gasteiger partial charge in [0.1, 0.15) is 0 Å². The zero-order valence-corrected chi connectivity index (χ0v) is 9.37. The lowest BCUT2D eigenvalue weighted by Gasteiger charge is -2.21. The molecule has 0 aromatic heterocycles. The third-order valence-corrected chi connectivity index (χ3v) is 2.41. The summed E-state index contributed by atoms with van der Waals surface area (Å²) in [6.45, 7) is 7.18. The molecule has 0 atom stereocenters. The molecule has 0 amide bonds. The molecule has 0 aliphatic carbocycles. The summed E-state index contributed by atoms with van der Waals surface area (Å²) in [6, 6.07) is 4.53. The second-order valence-electron chi connectivity index (χ2n) is 4.78. The molecule has 1 aromatic rings. The number of benzene rings is 1. The molecule has 0 saturated heterocycles. The standard InChI is InChI=1S/C12H15F3/c1-8-5-6-9(11(2,3)4)7-10(8)12(13,14)15/h5-7H,1-4H3. The first-order chi connectivity index (χ1) is 6.62. The van der Waals surface area contributed by atoms with Crippen LogP contribution in [0.1, 0.15) is 37.5 Å². The number of hydrogen-bond acceptors (Lipinski definition) is 0. The van der Waals surface area contributed by atoms with E-state index in [9.17, 15) is 13.2 Å². The molecule has 0 fully saturated rings. The van der Waals surface area contributed by atoms with E-state index in [1.54, 1.807) is 6.07 Å². The molecule has 3 heteroatoms. The normalized spacial score (nSPS) is 13.0. The minimum absolute atomic E-state index is 0.256. The number of alkyl halides is 3. The Morgan fingerprint density at radius 3 is 1.93 bits per heavy atom. The van der Waals surface area contributed by atoms with Gasteiger partial charge < -0.3 is 0 Å². The van der Waals surface area contributed by atoms with Crippen LogP contribution < -0.4 is 0 Å². The van der Waals surface area contributed by atoms with Gasteiger partial charge in [-0.2, -0.15) is 13.2 Å². The number of hydrogen-bond donors (Lipinski definition) is 0. The highest BCUT2D eigenvalue weighted by atomic mass is 19.4. The van der Waals surface area contributed by atoms with Crippen molar-refractivity contribution < 1.29 is 13.2 Å². The Labute approximate surface area is 88.1 Å². The van der Waals surface area contributed by atoms with Crippen molar-refractivity contribution in [2.45, 2.75) is 39.3 Å². The van der Waals surface area contributed by atoms with Crippen molar-refractivity contribution >= 4 is 0 Å². The van der Waals surface area contributed by atoms with Crippen molar-refractivity contribution in [1.82, 2.24) is 0 Å². The largest absolute Gasteiger partial charge is 0.416 e. The lowest BCUT2D eigenvalue weighted by atomic mass is 9.85. The van der Waals surface area contributed by atoms with E-state index in [2.05, 4.69) is 0 Å². The summed E-state index contributed by atoms with van der Waals surface area (Å²) in [5.41, 5.74) is 0.194. The van der Waals surface area contributed by atoms with E-state index in [1.165, 1.54) is 19.1 Å². The van der Waals surface area contributed by atoms with Gasteiger partial charge in [-0.3, -0.25) is 0 Å². The van der Waals surface area contributed by atoms with Gasteiger partial charge in [0, 0.05) is 0 Å². The van der Waals surface area contributed by atoms with E-state index >= 15 is 0 Å². The second-order valence-corrected chi connectivity index (χ2v) is 4.78. The zero-order chi connectivity index (χ0) is 11.9. The van der Waals surface area contributed by atoms with Gasteiger partial charge in [0.05, 0.1) is 5.56 Å². The second kappa shape index (κ2) is 3.54. The summed E-state index contributed by atoms with van der Waals surface area (Å²) in [7, 11) is 0. The predicted molar refractivity (Wildman–Crippen MR) is 54.9 cm³/mol. The lowest BCUT2D eigenvalue weighted by molar-refractivity contribution is -0.138. The van der Waals surface area contributed by atoms with E-state index in [0.717, 1.165) is 0 Å². The summed E-state index contributed by atoms with van der Waals surface area (Å²) in [6.07, 6.45) is -4.26. The topological polar surface area (TPSA) is 0 Å². The van der Waals surface area contributed by atoms with Gasteiger partial charge in [-0.25, -0.2) is 0 Å². The van der Waals surface area contributed by atoms with Gasteiger partial charge in [-0.1, -0.05) is 32.9 Å². The maximum absolute atomic E-state index is 12.6. The number of halogens is 3. The molecular formula is C12H15F3. The molecule has 0 N–H and O–H groups in total. The smallest absolute Gasteiger partial charge is 0.166 e. The Kier molecular flexibility index (Phi) is 2.85. The monoisotopic (exact) mass is 216 g/mol. The summed E-state index contributed by atoms with van der Waals surface area (Å²) in [4.78, 5) is 0. The van der Waals surface area contributed by atoms with Crippen LogP contribution in [0.15, 0.2) is 18.2 Å². The molecular weight excluding hydrogens is 201 g/mol. The molecule has 84 valence electrons. The quantitative estimate of drug-likeness (QED) is 0.606. The van der Waals surface area contributed by atoms with E-state index in [4.69, 9.17) is 0 Å². The van der Waals surface area contributed by atoms with Crippen molar-refractivity contribution in [2.75, 3.05) is 0 Å². The predicted octanol–water partition coefficient (Wildman–Crippen LogP) is 4.31. The van der Waals surface area contributed by atoms with Crippen molar-refractivity contribution in [1.29, 1.82) is 0 Å². The fraction of sp³-hybridized carbons (Fsp3) is 0.500. The van der Waals surface area contributed by atoms with Gasteiger partial charge in [-0.05, 0) is 29.5 Å². The first-order valence-corrected chi connectivity index (χ1v) is 4.80. The Balaban J connectivity index is 3.30. The molecule has 0 radical (unpaired) electrons. The highest BCUT2D eigenvalue weighted by Crippen LogP contribution is 2.34. The van der Waals surface area contributed by atoms with E-state index in [-0.39, 0.29) is 11.0 Å². The van der Waals surface area contributed by atoms with Crippen molar-refractivity contribution in [3.63, 3.8) is 0 Å². The maximum Gasteiger partial charge on any atom is 0.416 e. The van der Waals surface area contributed by atoms with Crippen LogP contribution in [0.2, 0.25) is 0 Å². The van der Waals surface area contributed by atoms with Crippen LogP contribution in [-0.4, -0.2) is 0 Å². The van der Waals surface area contributed by atoms with Crippen LogP contribution >= 0.6 is 0 Å². The molecule has 0 unspecified atom stereocenters. The Morgan fingerprint density at radius 2 is 1.53 bits per heavy atom. The minimum atomic E-state index is -4.26. The minimum Gasteiger partial charge on any atom is -0.166 e. The third-order valence-electron chi connectivity index (χ3n) is 2.41. The molecule has 0 saturated carbocycles. The lowest BCUT2D eigenvalue weighted by Crippen LogP contribution is -2.14. The van der Waals surface area contributed by atoms with Crippen LogP contribution in [-0.2, 0) is 11.6 Å². The van der Waals surface area contributed by atoms with Gasteiger partial charge in [0.2, 0.25) is 0 Å². The van der Waals surface area contributed by atoms with Gasteiger partial charge in [-0.15, -0.1) is 0 Å². The molecule has 0 aliphatic rings. The molecule has 0 bridgehead atoms. The Hall–Kier alpha value is -0.990. The SMILES string of the molecule is Cc1ccc(C(C)(C)C)cc1C(F)(F)F. The molecule has 0 spiro atoms. The van der Waals surface area contributed by atoms with Crippen LogP contribution in [0.25, 0.3) is 0 Å². The third kappa shape index (κ3) is 2.74. The fourth-order valence-corrected chi connectivity index (χ4v) is 1.39. The zero-order valence-electron chi connectivity index (χ0n) is 9.37. The molecule has 15 heavy (non-hydrogen) atoms. The first-order valence-electron chi connectivity index (χ1n) is 4.80. The van der Waals surface area contributed by atoms with Gasteiger partial charge in [0.25, 0.3) is 0 Å². The molecule has 0 aliphatic heterocycles. The van der Waals surface area contributed by atoms with Gasteiger partial charge in [0.15, 0.2) is 0 Å². The average Bonchev–Trinajstić information content (AvgIpc) is 2.00. The average molecular weight is 216 g/mol.